The second-order valence-corrected chi connectivity index (χ2v) is 5.39. The SMILES string of the molecule is CN(C)c1cccc(-c2ccc(-c3ccccc3)cc2)c1. The fourth-order valence-electron chi connectivity index (χ4n) is 2.45. The van der Waals surface area contributed by atoms with Crippen LogP contribution >= 0.6 is 0 Å². The molecule has 0 aliphatic carbocycles. The van der Waals surface area contributed by atoms with Crippen LogP contribution in [0.4, 0.5) is 5.69 Å². The summed E-state index contributed by atoms with van der Waals surface area (Å²) in [6.45, 7) is 0. The molecule has 0 amide bonds. The number of hydrogen-bond acceptors (Lipinski definition) is 1. The highest BCUT2D eigenvalue weighted by Gasteiger charge is 2.02. The van der Waals surface area contributed by atoms with Crippen LogP contribution in [-0.4, -0.2) is 14.1 Å². The monoisotopic (exact) mass is 273 g/mol. The fourth-order valence-corrected chi connectivity index (χ4v) is 2.45. The van der Waals surface area contributed by atoms with E-state index >= 15 is 0 Å². The Morgan fingerprint density at radius 2 is 1.05 bits per heavy atom. The lowest BCUT2D eigenvalue weighted by Gasteiger charge is -2.13. The molecule has 0 N–H and O–H groups in total. The van der Waals surface area contributed by atoms with E-state index in [4.69, 9.17) is 0 Å². The molecule has 3 rings (SSSR count). The second-order valence-electron chi connectivity index (χ2n) is 5.39. The highest BCUT2D eigenvalue weighted by atomic mass is 15.1. The Balaban J connectivity index is 1.93. The Morgan fingerprint density at radius 1 is 0.524 bits per heavy atom. The predicted molar refractivity (Wildman–Crippen MR) is 91.6 cm³/mol. The maximum Gasteiger partial charge on any atom is 0.0367 e. The number of anilines is 1. The molecular formula is C20H19N. The molecule has 0 fully saturated rings. The highest BCUT2D eigenvalue weighted by molar-refractivity contribution is 5.72. The van der Waals surface area contributed by atoms with E-state index in [9.17, 15) is 0 Å². The third kappa shape index (κ3) is 2.97. The average Bonchev–Trinajstić information content (AvgIpc) is 2.56. The van der Waals surface area contributed by atoms with Crippen molar-refractivity contribution < 1.29 is 0 Å². The van der Waals surface area contributed by atoms with Gasteiger partial charge in [-0.05, 0) is 34.4 Å². The zero-order valence-corrected chi connectivity index (χ0v) is 12.5. The van der Waals surface area contributed by atoms with Crippen molar-refractivity contribution in [3.05, 3.63) is 78.9 Å². The predicted octanol–water partition coefficient (Wildman–Crippen LogP) is 5.09. The summed E-state index contributed by atoms with van der Waals surface area (Å²) < 4.78 is 0. The first kappa shape index (κ1) is 13.4. The van der Waals surface area contributed by atoms with Crippen molar-refractivity contribution in [1.29, 1.82) is 0 Å². The number of hydrogen-bond donors (Lipinski definition) is 0. The van der Waals surface area contributed by atoms with E-state index in [1.54, 1.807) is 0 Å². The molecule has 0 heterocycles. The zero-order valence-electron chi connectivity index (χ0n) is 12.5. The van der Waals surface area contributed by atoms with Crippen LogP contribution in [0.5, 0.6) is 0 Å². The van der Waals surface area contributed by atoms with Crippen molar-refractivity contribution in [1.82, 2.24) is 0 Å². The number of benzene rings is 3. The topological polar surface area (TPSA) is 3.24 Å². The Bertz CT molecular complexity index is 712. The minimum atomic E-state index is 1.22. The normalized spacial score (nSPS) is 10.4. The first-order chi connectivity index (χ1) is 10.2. The molecule has 1 nitrogen and oxygen atoms in total. The second kappa shape index (κ2) is 5.84. The number of rotatable bonds is 3. The van der Waals surface area contributed by atoms with Crippen LogP contribution in [-0.2, 0) is 0 Å². The minimum absolute atomic E-state index is 1.22. The Hall–Kier alpha value is -2.54. The number of nitrogens with zero attached hydrogens (tertiary/aromatic N) is 1. The molecule has 0 atom stereocenters. The summed E-state index contributed by atoms with van der Waals surface area (Å²) in [7, 11) is 4.13. The van der Waals surface area contributed by atoms with E-state index in [1.807, 2.05) is 6.07 Å². The molecular weight excluding hydrogens is 254 g/mol. The van der Waals surface area contributed by atoms with Gasteiger partial charge in [0.05, 0.1) is 0 Å². The van der Waals surface area contributed by atoms with Crippen molar-refractivity contribution in [3.8, 4) is 22.3 Å². The lowest BCUT2D eigenvalue weighted by Crippen LogP contribution is -2.08. The first-order valence-electron chi connectivity index (χ1n) is 7.17. The summed E-state index contributed by atoms with van der Waals surface area (Å²) in [6.07, 6.45) is 0. The van der Waals surface area contributed by atoms with E-state index in [0.717, 1.165) is 0 Å². The molecule has 0 radical (unpaired) electrons. The molecule has 3 aromatic rings. The maximum absolute atomic E-state index is 2.22. The van der Waals surface area contributed by atoms with Gasteiger partial charge < -0.3 is 4.90 Å². The van der Waals surface area contributed by atoms with Gasteiger partial charge in [0.2, 0.25) is 0 Å². The molecule has 0 saturated carbocycles. The van der Waals surface area contributed by atoms with Gasteiger partial charge in [0, 0.05) is 19.8 Å². The molecule has 0 saturated heterocycles. The maximum atomic E-state index is 2.22. The van der Waals surface area contributed by atoms with Crippen molar-refractivity contribution >= 4 is 5.69 Å². The first-order valence-corrected chi connectivity index (χ1v) is 7.17. The summed E-state index contributed by atoms with van der Waals surface area (Å²) in [5.74, 6) is 0. The van der Waals surface area contributed by atoms with Gasteiger partial charge in [0.15, 0.2) is 0 Å². The van der Waals surface area contributed by atoms with E-state index < -0.39 is 0 Å². The smallest absolute Gasteiger partial charge is 0.0367 e. The van der Waals surface area contributed by atoms with Gasteiger partial charge in [-0.3, -0.25) is 0 Å². The molecule has 0 aromatic heterocycles. The Kier molecular flexibility index (Phi) is 3.74. The summed E-state index contributed by atoms with van der Waals surface area (Å²) in [5.41, 5.74) is 6.23. The standard InChI is InChI=1S/C20H19N/c1-21(2)20-10-6-9-19(15-20)18-13-11-17(12-14-18)16-7-4-3-5-8-16/h3-15H,1-2H3. The largest absolute Gasteiger partial charge is 0.378 e. The summed E-state index contributed by atoms with van der Waals surface area (Å²) in [4.78, 5) is 2.13. The molecule has 3 aromatic carbocycles. The van der Waals surface area contributed by atoms with Crippen LogP contribution in [0.15, 0.2) is 78.9 Å². The van der Waals surface area contributed by atoms with Crippen LogP contribution in [0.25, 0.3) is 22.3 Å². The lowest BCUT2D eigenvalue weighted by molar-refractivity contribution is 1.13. The Morgan fingerprint density at radius 3 is 1.67 bits per heavy atom. The summed E-state index contributed by atoms with van der Waals surface area (Å²) in [6, 6.07) is 27.8. The van der Waals surface area contributed by atoms with Gasteiger partial charge in [0.1, 0.15) is 0 Å². The molecule has 0 aliphatic rings. The lowest BCUT2D eigenvalue weighted by atomic mass is 10.00. The van der Waals surface area contributed by atoms with Crippen LogP contribution < -0.4 is 4.90 Å². The van der Waals surface area contributed by atoms with Crippen molar-refractivity contribution in [3.63, 3.8) is 0 Å². The summed E-state index contributed by atoms with van der Waals surface area (Å²) >= 11 is 0. The average molecular weight is 273 g/mol. The van der Waals surface area contributed by atoms with Crippen LogP contribution in [0.2, 0.25) is 0 Å². The van der Waals surface area contributed by atoms with Crippen LogP contribution in [0.1, 0.15) is 0 Å². The van der Waals surface area contributed by atoms with Crippen molar-refractivity contribution in [2.45, 2.75) is 0 Å². The van der Waals surface area contributed by atoms with Crippen LogP contribution in [0, 0.1) is 0 Å². The minimum Gasteiger partial charge on any atom is -0.378 e. The van der Waals surface area contributed by atoms with Gasteiger partial charge in [0.25, 0.3) is 0 Å². The van der Waals surface area contributed by atoms with E-state index in [1.165, 1.54) is 27.9 Å². The van der Waals surface area contributed by atoms with Crippen LogP contribution in [0.3, 0.4) is 0 Å². The van der Waals surface area contributed by atoms with Gasteiger partial charge in [-0.1, -0.05) is 66.7 Å². The Labute approximate surface area is 126 Å². The highest BCUT2D eigenvalue weighted by Crippen LogP contribution is 2.27. The van der Waals surface area contributed by atoms with E-state index in [0.29, 0.717) is 0 Å². The van der Waals surface area contributed by atoms with Gasteiger partial charge in [-0.2, -0.15) is 0 Å². The van der Waals surface area contributed by atoms with Gasteiger partial charge in [-0.15, -0.1) is 0 Å². The zero-order chi connectivity index (χ0) is 14.7. The van der Waals surface area contributed by atoms with E-state index in [-0.39, 0.29) is 0 Å². The molecule has 0 bridgehead atoms. The third-order valence-corrected chi connectivity index (χ3v) is 3.69. The molecule has 0 spiro atoms. The van der Waals surface area contributed by atoms with E-state index in [2.05, 4.69) is 91.8 Å². The molecule has 21 heavy (non-hydrogen) atoms. The van der Waals surface area contributed by atoms with Crippen molar-refractivity contribution in [2.24, 2.45) is 0 Å². The molecule has 1 heteroatoms. The van der Waals surface area contributed by atoms with Gasteiger partial charge >= 0.3 is 0 Å². The fraction of sp³-hybridized carbons (Fsp3) is 0.100. The molecule has 104 valence electrons. The third-order valence-electron chi connectivity index (χ3n) is 3.69. The molecule has 0 unspecified atom stereocenters. The van der Waals surface area contributed by atoms with Crippen molar-refractivity contribution in [2.75, 3.05) is 19.0 Å². The molecule has 0 aliphatic heterocycles. The summed E-state index contributed by atoms with van der Waals surface area (Å²) in [5, 5.41) is 0. The van der Waals surface area contributed by atoms with Gasteiger partial charge in [-0.25, -0.2) is 0 Å². The quantitative estimate of drug-likeness (QED) is 0.642.